The van der Waals surface area contributed by atoms with Crippen molar-refractivity contribution in [3.8, 4) is 11.3 Å². The Morgan fingerprint density at radius 3 is 2.67 bits per heavy atom. The van der Waals surface area contributed by atoms with Crippen molar-refractivity contribution >= 4 is 22.9 Å². The number of benzene rings is 2. The van der Waals surface area contributed by atoms with Crippen LogP contribution in [0.15, 0.2) is 42.5 Å². The van der Waals surface area contributed by atoms with Crippen molar-refractivity contribution in [2.75, 3.05) is 0 Å². The summed E-state index contributed by atoms with van der Waals surface area (Å²) in [6, 6.07) is 10.3. The second-order valence-electron chi connectivity index (χ2n) is 4.50. The number of nitro groups is 1. The quantitative estimate of drug-likeness (QED) is 0.452. The molecule has 0 atom stereocenters. The van der Waals surface area contributed by atoms with E-state index in [9.17, 15) is 19.3 Å². The van der Waals surface area contributed by atoms with Crippen molar-refractivity contribution in [2.45, 2.75) is 0 Å². The first-order chi connectivity index (χ1) is 10.1. The maximum Gasteiger partial charge on any atom is 0.270 e. The van der Waals surface area contributed by atoms with Gasteiger partial charge in [-0.1, -0.05) is 24.3 Å². The summed E-state index contributed by atoms with van der Waals surface area (Å²) >= 11 is 0. The van der Waals surface area contributed by atoms with Gasteiger partial charge in [0.1, 0.15) is 5.82 Å². The number of rotatable bonds is 3. The van der Waals surface area contributed by atoms with Gasteiger partial charge in [-0.2, -0.15) is 0 Å². The Morgan fingerprint density at radius 2 is 1.95 bits per heavy atom. The van der Waals surface area contributed by atoms with Gasteiger partial charge in [0.25, 0.3) is 5.69 Å². The third-order valence-electron chi connectivity index (χ3n) is 3.29. The van der Waals surface area contributed by atoms with Crippen LogP contribution in [0.1, 0.15) is 10.4 Å². The van der Waals surface area contributed by atoms with Gasteiger partial charge in [0.2, 0.25) is 0 Å². The molecular weight excluding hydrogens is 275 g/mol. The Labute approximate surface area is 118 Å². The minimum absolute atomic E-state index is 0.0940. The van der Waals surface area contributed by atoms with Crippen LogP contribution in [0.4, 0.5) is 10.1 Å². The molecule has 0 saturated heterocycles. The average Bonchev–Trinajstić information content (AvgIpc) is 2.87. The number of non-ortho nitro benzene ring substituents is 1. The summed E-state index contributed by atoms with van der Waals surface area (Å²) in [6.45, 7) is 0. The smallest absolute Gasteiger partial charge is 0.270 e. The molecule has 1 aromatic heterocycles. The lowest BCUT2D eigenvalue weighted by Crippen LogP contribution is -1.89. The lowest BCUT2D eigenvalue weighted by molar-refractivity contribution is -0.384. The van der Waals surface area contributed by atoms with E-state index in [0.717, 1.165) is 0 Å². The molecule has 0 aliphatic carbocycles. The zero-order valence-electron chi connectivity index (χ0n) is 10.7. The fourth-order valence-electron chi connectivity index (χ4n) is 2.33. The molecular formula is C15H9FN2O3. The number of nitro benzene ring substituents is 1. The number of nitrogens with zero attached hydrogens (tertiary/aromatic N) is 1. The molecule has 0 fully saturated rings. The maximum absolute atomic E-state index is 13.8. The number of aromatic amines is 1. The molecule has 2 aromatic carbocycles. The summed E-state index contributed by atoms with van der Waals surface area (Å²) in [4.78, 5) is 24.5. The third-order valence-corrected chi connectivity index (χ3v) is 3.29. The molecule has 104 valence electrons. The van der Waals surface area contributed by atoms with Gasteiger partial charge >= 0.3 is 0 Å². The molecule has 1 N–H and O–H groups in total. The highest BCUT2D eigenvalue weighted by atomic mass is 19.1. The first-order valence-electron chi connectivity index (χ1n) is 6.12. The number of para-hydroxylation sites is 1. The van der Waals surface area contributed by atoms with Gasteiger partial charge in [0.05, 0.1) is 16.1 Å². The zero-order chi connectivity index (χ0) is 15.0. The number of hydrogen-bond acceptors (Lipinski definition) is 3. The molecule has 0 spiro atoms. The molecule has 1 heterocycles. The number of hydrogen-bond donors (Lipinski definition) is 1. The number of carbonyl (C=O) groups excluding carboxylic acids is 1. The van der Waals surface area contributed by atoms with Crippen LogP contribution in [0.3, 0.4) is 0 Å². The second kappa shape index (κ2) is 4.82. The van der Waals surface area contributed by atoms with E-state index < -0.39 is 10.7 Å². The van der Waals surface area contributed by atoms with Gasteiger partial charge in [-0.15, -0.1) is 0 Å². The molecule has 21 heavy (non-hydrogen) atoms. The van der Waals surface area contributed by atoms with Crippen LogP contribution in [-0.4, -0.2) is 16.2 Å². The second-order valence-corrected chi connectivity index (χ2v) is 4.50. The Hall–Kier alpha value is -3.02. The van der Waals surface area contributed by atoms with E-state index in [1.54, 1.807) is 12.1 Å². The number of halogens is 1. The van der Waals surface area contributed by atoms with Gasteiger partial charge in [-0.05, 0) is 6.07 Å². The molecule has 3 aromatic rings. The van der Waals surface area contributed by atoms with Crippen molar-refractivity contribution in [2.24, 2.45) is 0 Å². The average molecular weight is 284 g/mol. The maximum atomic E-state index is 13.8. The summed E-state index contributed by atoms with van der Waals surface area (Å²) in [5.41, 5.74) is 1.23. The van der Waals surface area contributed by atoms with E-state index in [2.05, 4.69) is 4.98 Å². The highest BCUT2D eigenvalue weighted by Gasteiger charge is 2.16. The number of aldehydes is 1. The number of carbonyl (C=O) groups is 1. The summed E-state index contributed by atoms with van der Waals surface area (Å²) in [5, 5.41) is 11.3. The number of H-pyrrole nitrogens is 1. The van der Waals surface area contributed by atoms with Crippen LogP contribution in [0.25, 0.3) is 22.2 Å². The van der Waals surface area contributed by atoms with Crippen LogP contribution in [0, 0.1) is 15.9 Å². The van der Waals surface area contributed by atoms with E-state index in [4.69, 9.17) is 0 Å². The minimum atomic E-state index is -0.521. The molecule has 5 nitrogen and oxygen atoms in total. The van der Waals surface area contributed by atoms with Gasteiger partial charge in [-0.3, -0.25) is 14.9 Å². The molecule has 0 aliphatic heterocycles. The Morgan fingerprint density at radius 1 is 1.19 bits per heavy atom. The monoisotopic (exact) mass is 284 g/mol. The topological polar surface area (TPSA) is 76.0 Å². The van der Waals surface area contributed by atoms with Gasteiger partial charge in [-0.25, -0.2) is 4.39 Å². The first kappa shape index (κ1) is 13.0. The number of nitrogens with one attached hydrogen (secondary N) is 1. The van der Waals surface area contributed by atoms with Gasteiger partial charge in [0, 0.05) is 28.6 Å². The van der Waals surface area contributed by atoms with Gasteiger partial charge in [0.15, 0.2) is 6.29 Å². The molecule has 0 unspecified atom stereocenters. The van der Waals surface area contributed by atoms with Crippen molar-refractivity contribution in [1.82, 2.24) is 4.98 Å². The molecule has 0 bridgehead atoms. The summed E-state index contributed by atoms with van der Waals surface area (Å²) < 4.78 is 13.8. The lowest BCUT2D eigenvalue weighted by Gasteiger charge is -1.99. The van der Waals surface area contributed by atoms with Crippen LogP contribution < -0.4 is 0 Å². The van der Waals surface area contributed by atoms with E-state index in [-0.39, 0.29) is 16.8 Å². The molecule has 0 saturated carbocycles. The predicted octanol–water partition coefficient (Wildman–Crippen LogP) is 3.69. The predicted molar refractivity (Wildman–Crippen MR) is 75.7 cm³/mol. The molecule has 0 amide bonds. The van der Waals surface area contributed by atoms with E-state index >= 15 is 0 Å². The summed E-state index contributed by atoms with van der Waals surface area (Å²) in [5.74, 6) is -0.479. The van der Waals surface area contributed by atoms with Crippen LogP contribution in [-0.2, 0) is 0 Å². The Balaban J connectivity index is 2.30. The standard InChI is InChI=1S/C15H9FN2O3/c16-13-6-2-5-11-12(8-19)14(17-15(11)13)9-3-1-4-10(7-9)18(20)21/h1-8,17H. The van der Waals surface area contributed by atoms with Crippen molar-refractivity contribution in [1.29, 1.82) is 0 Å². The number of aromatic nitrogens is 1. The largest absolute Gasteiger partial charge is 0.352 e. The molecule has 3 rings (SSSR count). The lowest BCUT2D eigenvalue weighted by atomic mass is 10.1. The van der Waals surface area contributed by atoms with Crippen molar-refractivity contribution in [3.05, 3.63) is 64.0 Å². The summed E-state index contributed by atoms with van der Waals surface area (Å²) in [7, 11) is 0. The minimum Gasteiger partial charge on any atom is -0.352 e. The normalized spacial score (nSPS) is 10.7. The molecule has 6 heteroatoms. The SMILES string of the molecule is O=Cc1c(-c2cccc([N+](=O)[O-])c2)[nH]c2c(F)cccc12. The zero-order valence-corrected chi connectivity index (χ0v) is 10.7. The first-order valence-corrected chi connectivity index (χ1v) is 6.12. The highest BCUT2D eigenvalue weighted by molar-refractivity contribution is 6.04. The fourth-order valence-corrected chi connectivity index (χ4v) is 2.33. The van der Waals surface area contributed by atoms with E-state index in [1.807, 2.05) is 0 Å². The Kier molecular flexibility index (Phi) is 2.98. The summed E-state index contributed by atoms with van der Waals surface area (Å²) in [6.07, 6.45) is 0.617. The van der Waals surface area contributed by atoms with Crippen LogP contribution >= 0.6 is 0 Å². The highest BCUT2D eigenvalue weighted by Crippen LogP contribution is 2.31. The molecule has 0 radical (unpaired) electrons. The Bertz CT molecular complexity index is 870. The van der Waals surface area contributed by atoms with Crippen LogP contribution in [0.2, 0.25) is 0 Å². The van der Waals surface area contributed by atoms with Gasteiger partial charge < -0.3 is 4.98 Å². The van der Waals surface area contributed by atoms with E-state index in [1.165, 1.54) is 30.3 Å². The van der Waals surface area contributed by atoms with Crippen molar-refractivity contribution < 1.29 is 14.1 Å². The number of fused-ring (bicyclic) bond motifs is 1. The van der Waals surface area contributed by atoms with Crippen molar-refractivity contribution in [3.63, 3.8) is 0 Å². The third kappa shape index (κ3) is 2.06. The fraction of sp³-hybridized carbons (Fsp3) is 0. The van der Waals surface area contributed by atoms with E-state index in [0.29, 0.717) is 22.9 Å². The van der Waals surface area contributed by atoms with Crippen LogP contribution in [0.5, 0.6) is 0 Å². The molecule has 0 aliphatic rings.